The lowest BCUT2D eigenvalue weighted by Crippen LogP contribution is -2.51. The summed E-state index contributed by atoms with van der Waals surface area (Å²) in [6.45, 7) is 12.5. The molecule has 4 nitrogen and oxygen atoms in total. The Kier molecular flexibility index (Phi) is 8.65. The predicted molar refractivity (Wildman–Crippen MR) is 162 cm³/mol. The maximum absolute atomic E-state index is 13.2. The molecule has 0 bridgehead atoms. The largest absolute Gasteiger partial charge is 0.493 e. The van der Waals surface area contributed by atoms with Gasteiger partial charge in [0, 0.05) is 6.42 Å². The monoisotopic (exact) mass is 550 g/mol. The molecule has 4 aliphatic rings. The molecule has 1 aromatic rings. The summed E-state index contributed by atoms with van der Waals surface area (Å²) in [7, 11) is 3.16. The van der Waals surface area contributed by atoms with Crippen molar-refractivity contribution < 1.29 is 19.0 Å². The second kappa shape index (κ2) is 11.7. The van der Waals surface area contributed by atoms with Crippen LogP contribution < -0.4 is 9.47 Å². The fourth-order valence-electron chi connectivity index (χ4n) is 10.0. The summed E-state index contributed by atoms with van der Waals surface area (Å²) < 4.78 is 17.0. The van der Waals surface area contributed by atoms with Crippen LogP contribution in [-0.4, -0.2) is 26.3 Å². The minimum Gasteiger partial charge on any atom is -0.493 e. The third-order valence-corrected chi connectivity index (χ3v) is 12.2. The topological polar surface area (TPSA) is 44.8 Å². The van der Waals surface area contributed by atoms with Gasteiger partial charge in [0.2, 0.25) is 0 Å². The first kappa shape index (κ1) is 29.5. The number of methoxy groups -OCH3 is 2. The fraction of sp³-hybridized carbons (Fsp3) is 0.750. The molecule has 3 fully saturated rings. The number of carbonyl (C=O) groups excluding carboxylic acids is 1. The Bertz CT molecular complexity index is 1090. The molecule has 0 N–H and O–H groups in total. The van der Waals surface area contributed by atoms with Crippen molar-refractivity contribution in [2.24, 2.45) is 46.3 Å². The molecule has 8 atom stereocenters. The molecule has 3 saturated carbocycles. The average Bonchev–Trinajstić information content (AvgIpc) is 3.29. The van der Waals surface area contributed by atoms with Crippen LogP contribution in [0.25, 0.3) is 0 Å². The molecule has 0 radical (unpaired) electrons. The molecule has 0 spiro atoms. The fourth-order valence-corrected chi connectivity index (χ4v) is 10.0. The lowest BCUT2D eigenvalue weighted by Gasteiger charge is -2.58. The van der Waals surface area contributed by atoms with E-state index in [1.54, 1.807) is 31.9 Å². The summed E-state index contributed by atoms with van der Waals surface area (Å²) in [5.41, 5.74) is 2.76. The van der Waals surface area contributed by atoms with Crippen molar-refractivity contribution in [1.29, 1.82) is 0 Å². The molecule has 4 aliphatic carbocycles. The van der Waals surface area contributed by atoms with E-state index >= 15 is 0 Å². The highest BCUT2D eigenvalue weighted by atomic mass is 16.5. The van der Waals surface area contributed by atoms with Crippen LogP contribution in [0.5, 0.6) is 11.5 Å². The number of rotatable bonds is 9. The number of fused-ring (bicyclic) bond motifs is 5. The van der Waals surface area contributed by atoms with E-state index in [0.717, 1.165) is 54.8 Å². The van der Waals surface area contributed by atoms with Gasteiger partial charge in [-0.3, -0.25) is 0 Å². The van der Waals surface area contributed by atoms with Crippen LogP contribution in [0, 0.1) is 46.3 Å². The third-order valence-electron chi connectivity index (χ3n) is 12.2. The molecule has 5 rings (SSSR count). The third kappa shape index (κ3) is 5.22. The molecule has 0 saturated heterocycles. The normalized spacial score (nSPS) is 35.7. The van der Waals surface area contributed by atoms with Gasteiger partial charge in [-0.05, 0) is 103 Å². The SMILES string of the molecule is COc1cccc(C(=O)O[C@H]2CC[C@@]3(C)C(=CC[C@H]4[C@@H]5CC[C@H]([C@@H](C)CCCC(C)C)[C@@]5(C)CC[C@@H]43)C2)c1OC. The molecule has 0 heterocycles. The molecule has 0 amide bonds. The summed E-state index contributed by atoms with van der Waals surface area (Å²) in [6.07, 6.45) is 16.4. The number of hydrogen-bond donors (Lipinski definition) is 0. The smallest absolute Gasteiger partial charge is 0.342 e. The van der Waals surface area contributed by atoms with E-state index in [4.69, 9.17) is 14.2 Å². The molecule has 4 heteroatoms. The van der Waals surface area contributed by atoms with Crippen LogP contribution in [0.2, 0.25) is 0 Å². The zero-order valence-corrected chi connectivity index (χ0v) is 26.3. The minimum absolute atomic E-state index is 0.0734. The molecule has 0 unspecified atom stereocenters. The maximum atomic E-state index is 13.2. The quantitative estimate of drug-likeness (QED) is 0.227. The second-order valence-corrected chi connectivity index (χ2v) is 14.6. The predicted octanol–water partition coefficient (Wildman–Crippen LogP) is 9.27. The summed E-state index contributed by atoms with van der Waals surface area (Å²) in [5, 5.41) is 0. The number of allylic oxidation sites excluding steroid dienone is 1. The van der Waals surface area contributed by atoms with E-state index in [-0.39, 0.29) is 17.5 Å². The van der Waals surface area contributed by atoms with Crippen molar-refractivity contribution in [3.8, 4) is 11.5 Å². The highest BCUT2D eigenvalue weighted by molar-refractivity contribution is 5.93. The van der Waals surface area contributed by atoms with E-state index in [0.29, 0.717) is 22.5 Å². The summed E-state index contributed by atoms with van der Waals surface area (Å²) >= 11 is 0. The Hall–Kier alpha value is -1.97. The number of ether oxygens (including phenoxy) is 3. The summed E-state index contributed by atoms with van der Waals surface area (Å²) in [5.74, 6) is 5.72. The maximum Gasteiger partial charge on any atom is 0.342 e. The van der Waals surface area contributed by atoms with Crippen molar-refractivity contribution in [1.82, 2.24) is 0 Å². The van der Waals surface area contributed by atoms with Crippen molar-refractivity contribution >= 4 is 5.97 Å². The number of para-hydroxylation sites is 1. The Morgan fingerprint density at radius 1 is 0.975 bits per heavy atom. The zero-order valence-electron chi connectivity index (χ0n) is 26.3. The van der Waals surface area contributed by atoms with Gasteiger partial charge in [-0.25, -0.2) is 4.79 Å². The molecule has 222 valence electrons. The van der Waals surface area contributed by atoms with Crippen molar-refractivity contribution in [2.45, 2.75) is 111 Å². The molecular weight excluding hydrogens is 496 g/mol. The Morgan fingerprint density at radius 2 is 1.77 bits per heavy atom. The van der Waals surface area contributed by atoms with Crippen LogP contribution in [0.4, 0.5) is 0 Å². The van der Waals surface area contributed by atoms with Gasteiger partial charge in [0.05, 0.1) is 14.2 Å². The molecule has 0 aromatic heterocycles. The zero-order chi connectivity index (χ0) is 28.7. The first-order chi connectivity index (χ1) is 19.1. The van der Waals surface area contributed by atoms with Crippen molar-refractivity contribution in [2.75, 3.05) is 14.2 Å². The van der Waals surface area contributed by atoms with Crippen LogP contribution in [-0.2, 0) is 4.74 Å². The number of esters is 1. The van der Waals surface area contributed by atoms with E-state index in [2.05, 4.69) is 40.7 Å². The molecule has 40 heavy (non-hydrogen) atoms. The Labute approximate surface area is 243 Å². The highest BCUT2D eigenvalue weighted by Gasteiger charge is 2.59. The van der Waals surface area contributed by atoms with Gasteiger partial charge in [0.25, 0.3) is 0 Å². The van der Waals surface area contributed by atoms with Gasteiger partial charge in [-0.2, -0.15) is 0 Å². The van der Waals surface area contributed by atoms with Gasteiger partial charge < -0.3 is 14.2 Å². The van der Waals surface area contributed by atoms with Crippen LogP contribution in [0.1, 0.15) is 116 Å². The average molecular weight is 551 g/mol. The number of benzene rings is 1. The van der Waals surface area contributed by atoms with Crippen molar-refractivity contribution in [3.05, 3.63) is 35.4 Å². The molecule has 0 aliphatic heterocycles. The van der Waals surface area contributed by atoms with Gasteiger partial charge in [0.15, 0.2) is 11.5 Å². The summed E-state index contributed by atoms with van der Waals surface area (Å²) in [6, 6.07) is 5.39. The van der Waals surface area contributed by atoms with Crippen LogP contribution in [0.15, 0.2) is 29.8 Å². The van der Waals surface area contributed by atoms with E-state index in [1.807, 2.05) is 6.07 Å². The van der Waals surface area contributed by atoms with E-state index < -0.39 is 0 Å². The van der Waals surface area contributed by atoms with E-state index in [1.165, 1.54) is 51.4 Å². The first-order valence-electron chi connectivity index (χ1n) is 16.2. The lowest BCUT2D eigenvalue weighted by molar-refractivity contribution is -0.0594. The van der Waals surface area contributed by atoms with E-state index in [9.17, 15) is 4.79 Å². The van der Waals surface area contributed by atoms with Gasteiger partial charge in [0.1, 0.15) is 11.7 Å². The van der Waals surface area contributed by atoms with Gasteiger partial charge in [-0.15, -0.1) is 0 Å². The van der Waals surface area contributed by atoms with Crippen LogP contribution in [0.3, 0.4) is 0 Å². The second-order valence-electron chi connectivity index (χ2n) is 14.6. The number of hydrogen-bond acceptors (Lipinski definition) is 4. The number of carbonyl (C=O) groups is 1. The molecule has 1 aromatic carbocycles. The van der Waals surface area contributed by atoms with Crippen LogP contribution >= 0.6 is 0 Å². The lowest BCUT2D eigenvalue weighted by atomic mass is 9.47. The molecular formula is C36H54O4. The van der Waals surface area contributed by atoms with Gasteiger partial charge in [-0.1, -0.05) is 71.6 Å². The van der Waals surface area contributed by atoms with Crippen molar-refractivity contribution in [3.63, 3.8) is 0 Å². The minimum atomic E-state index is -0.313. The first-order valence-corrected chi connectivity index (χ1v) is 16.2. The highest BCUT2D eigenvalue weighted by Crippen LogP contribution is 2.67. The Balaban J connectivity index is 1.26. The van der Waals surface area contributed by atoms with Gasteiger partial charge >= 0.3 is 5.97 Å². The standard InChI is InChI=1S/C36H54O4/c1-23(2)10-8-11-24(3)29-16-17-30-27-15-14-25-22-26(18-20-35(25,4)31(27)19-21-36(29,30)5)40-34(37)28-12-9-13-32(38-6)33(28)39-7/h9,12-14,23-24,26-27,29-31H,8,10-11,15-22H2,1-7H3/t24-,26-,27-,29+,30-,31-,35-,36+/m0/s1. The summed E-state index contributed by atoms with van der Waals surface area (Å²) in [4.78, 5) is 13.2. The Morgan fingerprint density at radius 3 is 2.50 bits per heavy atom.